The zero-order valence-electron chi connectivity index (χ0n) is 13.3. The van der Waals surface area contributed by atoms with Gasteiger partial charge in [0.05, 0.1) is 12.2 Å². The Hall–Kier alpha value is -2.67. The number of nitrogens with one attached hydrogen (secondary N) is 1. The number of carbonyl (C=O) groups excluding carboxylic acids is 1. The number of aromatic nitrogens is 2. The molecule has 0 fully saturated rings. The first kappa shape index (κ1) is 17.2. The van der Waals surface area contributed by atoms with Gasteiger partial charge in [-0.25, -0.2) is 4.39 Å². The first-order valence-corrected chi connectivity index (χ1v) is 8.68. The molecule has 0 saturated carbocycles. The van der Waals surface area contributed by atoms with Crippen LogP contribution in [0.4, 0.5) is 4.39 Å². The highest BCUT2D eigenvalue weighted by atomic mass is 32.2. The van der Waals surface area contributed by atoms with Gasteiger partial charge in [0.15, 0.2) is 0 Å². The molecule has 25 heavy (non-hydrogen) atoms. The van der Waals surface area contributed by atoms with E-state index in [0.717, 1.165) is 17.3 Å². The quantitative estimate of drug-likeness (QED) is 0.658. The molecule has 1 aromatic heterocycles. The molecule has 1 N–H and O–H groups in total. The molecule has 5 nitrogen and oxygen atoms in total. The third kappa shape index (κ3) is 5.15. The highest BCUT2D eigenvalue weighted by molar-refractivity contribution is 7.99. The molecule has 0 aliphatic carbocycles. The predicted molar refractivity (Wildman–Crippen MR) is 92.5 cm³/mol. The third-order valence-corrected chi connectivity index (χ3v) is 4.23. The van der Waals surface area contributed by atoms with Crippen molar-refractivity contribution in [2.45, 2.75) is 18.2 Å². The summed E-state index contributed by atoms with van der Waals surface area (Å²) in [5.41, 5.74) is 1.52. The standard InChI is InChI=1S/C18H16FN3O2S/c19-15-9-5-4-8-14(15)11-20-16(23)12-25-18-22-21-17(24-18)10-13-6-2-1-3-7-13/h1-9H,10-12H2,(H,20,23). The van der Waals surface area contributed by atoms with Gasteiger partial charge in [0.25, 0.3) is 5.22 Å². The van der Waals surface area contributed by atoms with Gasteiger partial charge < -0.3 is 9.73 Å². The van der Waals surface area contributed by atoms with Gasteiger partial charge in [-0.1, -0.05) is 60.3 Å². The van der Waals surface area contributed by atoms with Crippen LogP contribution in [-0.2, 0) is 17.8 Å². The Labute approximate surface area is 148 Å². The maximum atomic E-state index is 13.5. The summed E-state index contributed by atoms with van der Waals surface area (Å²) >= 11 is 1.15. The van der Waals surface area contributed by atoms with E-state index in [1.807, 2.05) is 30.3 Å². The molecule has 3 rings (SSSR count). The average Bonchev–Trinajstić information content (AvgIpc) is 3.07. The molecule has 0 unspecified atom stereocenters. The lowest BCUT2D eigenvalue weighted by molar-refractivity contribution is -0.118. The van der Waals surface area contributed by atoms with Crippen molar-refractivity contribution < 1.29 is 13.6 Å². The second-order valence-electron chi connectivity index (χ2n) is 5.28. The van der Waals surface area contributed by atoms with Gasteiger partial charge in [0, 0.05) is 12.1 Å². The van der Waals surface area contributed by atoms with Gasteiger partial charge in [0.1, 0.15) is 5.82 Å². The van der Waals surface area contributed by atoms with Crippen LogP contribution in [0, 0.1) is 5.82 Å². The summed E-state index contributed by atoms with van der Waals surface area (Å²) in [5, 5.41) is 10.9. The lowest BCUT2D eigenvalue weighted by atomic mass is 10.2. The monoisotopic (exact) mass is 357 g/mol. The van der Waals surface area contributed by atoms with Crippen LogP contribution in [0.15, 0.2) is 64.2 Å². The van der Waals surface area contributed by atoms with Crippen LogP contribution in [0.25, 0.3) is 0 Å². The summed E-state index contributed by atoms with van der Waals surface area (Å²) in [5.74, 6) is 0.0657. The van der Waals surface area contributed by atoms with E-state index in [1.54, 1.807) is 18.2 Å². The second-order valence-corrected chi connectivity index (χ2v) is 6.21. The number of hydrogen-bond donors (Lipinski definition) is 1. The molecule has 3 aromatic rings. The second kappa shape index (κ2) is 8.43. The van der Waals surface area contributed by atoms with Crippen molar-refractivity contribution in [3.05, 3.63) is 77.4 Å². The van der Waals surface area contributed by atoms with Crippen molar-refractivity contribution in [1.82, 2.24) is 15.5 Å². The van der Waals surface area contributed by atoms with Crippen molar-refractivity contribution in [2.75, 3.05) is 5.75 Å². The maximum Gasteiger partial charge on any atom is 0.277 e. The maximum absolute atomic E-state index is 13.5. The number of nitrogens with zero attached hydrogens (tertiary/aromatic N) is 2. The van der Waals surface area contributed by atoms with Crippen LogP contribution in [-0.4, -0.2) is 21.9 Å². The molecule has 0 spiro atoms. The number of halogens is 1. The number of rotatable bonds is 7. The molecule has 0 bridgehead atoms. The van der Waals surface area contributed by atoms with Crippen LogP contribution in [0.5, 0.6) is 0 Å². The minimum absolute atomic E-state index is 0.126. The van der Waals surface area contributed by atoms with Crippen molar-refractivity contribution in [3.8, 4) is 0 Å². The number of carbonyl (C=O) groups is 1. The molecule has 1 amide bonds. The van der Waals surface area contributed by atoms with Crippen LogP contribution < -0.4 is 5.32 Å². The predicted octanol–water partition coefficient (Wildman–Crippen LogP) is 3.21. The van der Waals surface area contributed by atoms with Crippen LogP contribution in [0.2, 0.25) is 0 Å². The van der Waals surface area contributed by atoms with Gasteiger partial charge >= 0.3 is 0 Å². The fourth-order valence-electron chi connectivity index (χ4n) is 2.15. The summed E-state index contributed by atoms with van der Waals surface area (Å²) in [6.45, 7) is 0.148. The van der Waals surface area contributed by atoms with Crippen LogP contribution in [0.3, 0.4) is 0 Å². The molecule has 0 saturated heterocycles. The van der Waals surface area contributed by atoms with Gasteiger partial charge in [0.2, 0.25) is 11.8 Å². The number of amides is 1. The van der Waals surface area contributed by atoms with E-state index in [4.69, 9.17) is 4.42 Å². The van der Waals surface area contributed by atoms with Gasteiger partial charge in [-0.3, -0.25) is 4.79 Å². The summed E-state index contributed by atoms with van der Waals surface area (Å²) in [6, 6.07) is 16.1. The molecular formula is C18H16FN3O2S. The van der Waals surface area contributed by atoms with E-state index in [9.17, 15) is 9.18 Å². The molecule has 0 atom stereocenters. The smallest absolute Gasteiger partial charge is 0.277 e. The molecule has 7 heteroatoms. The topological polar surface area (TPSA) is 68.0 Å². The van der Waals surface area contributed by atoms with Crippen LogP contribution >= 0.6 is 11.8 Å². The Morgan fingerprint density at radius 3 is 2.64 bits per heavy atom. The van der Waals surface area contributed by atoms with E-state index < -0.39 is 0 Å². The van der Waals surface area contributed by atoms with Crippen molar-refractivity contribution in [1.29, 1.82) is 0 Å². The highest BCUT2D eigenvalue weighted by Crippen LogP contribution is 2.17. The Kier molecular flexibility index (Phi) is 5.79. The lowest BCUT2D eigenvalue weighted by Gasteiger charge is -2.05. The molecule has 128 valence electrons. The molecule has 1 heterocycles. The van der Waals surface area contributed by atoms with Crippen LogP contribution in [0.1, 0.15) is 17.0 Å². The van der Waals surface area contributed by atoms with Gasteiger partial charge in [-0.15, -0.1) is 10.2 Å². The zero-order chi connectivity index (χ0) is 17.5. The van der Waals surface area contributed by atoms with Gasteiger partial charge in [-0.2, -0.15) is 0 Å². The van der Waals surface area contributed by atoms with E-state index in [0.29, 0.717) is 23.1 Å². The van der Waals surface area contributed by atoms with Crippen molar-refractivity contribution >= 4 is 17.7 Å². The summed E-state index contributed by atoms with van der Waals surface area (Å²) < 4.78 is 19.0. The lowest BCUT2D eigenvalue weighted by Crippen LogP contribution is -2.25. The van der Waals surface area contributed by atoms with Gasteiger partial charge in [-0.05, 0) is 11.6 Å². The largest absolute Gasteiger partial charge is 0.416 e. The summed E-state index contributed by atoms with van der Waals surface area (Å²) in [6.07, 6.45) is 0.549. The zero-order valence-corrected chi connectivity index (χ0v) is 14.1. The molecule has 0 aliphatic heterocycles. The first-order chi connectivity index (χ1) is 12.2. The normalized spacial score (nSPS) is 10.6. The number of benzene rings is 2. The van der Waals surface area contributed by atoms with Crippen molar-refractivity contribution in [2.24, 2.45) is 0 Å². The Morgan fingerprint density at radius 2 is 1.84 bits per heavy atom. The average molecular weight is 357 g/mol. The van der Waals surface area contributed by atoms with Crippen molar-refractivity contribution in [3.63, 3.8) is 0 Å². The Morgan fingerprint density at radius 1 is 1.08 bits per heavy atom. The molecular weight excluding hydrogens is 341 g/mol. The number of thioether (sulfide) groups is 1. The fourth-order valence-corrected chi connectivity index (χ4v) is 2.76. The SMILES string of the molecule is O=C(CSc1nnc(Cc2ccccc2)o1)NCc1ccccc1F. The first-order valence-electron chi connectivity index (χ1n) is 7.70. The van der Waals surface area contributed by atoms with E-state index in [1.165, 1.54) is 6.07 Å². The Balaban J connectivity index is 1.45. The fraction of sp³-hybridized carbons (Fsp3) is 0.167. The minimum atomic E-state index is -0.335. The molecule has 0 aliphatic rings. The highest BCUT2D eigenvalue weighted by Gasteiger charge is 2.10. The Bertz CT molecular complexity index is 839. The third-order valence-electron chi connectivity index (χ3n) is 3.41. The summed E-state index contributed by atoms with van der Waals surface area (Å²) in [4.78, 5) is 11.9. The van der Waals surface area contributed by atoms with E-state index >= 15 is 0 Å². The minimum Gasteiger partial charge on any atom is -0.416 e. The van der Waals surface area contributed by atoms with E-state index in [2.05, 4.69) is 15.5 Å². The summed E-state index contributed by atoms with van der Waals surface area (Å²) in [7, 11) is 0. The molecule has 2 aromatic carbocycles. The number of hydrogen-bond acceptors (Lipinski definition) is 5. The molecule has 0 radical (unpaired) electrons. The van der Waals surface area contributed by atoms with E-state index in [-0.39, 0.29) is 24.0 Å².